The summed E-state index contributed by atoms with van der Waals surface area (Å²) in [4.78, 5) is 12.4. The van der Waals surface area contributed by atoms with E-state index in [4.69, 9.17) is 4.74 Å². The fourth-order valence-corrected chi connectivity index (χ4v) is 3.76. The Morgan fingerprint density at radius 3 is 2.82 bits per heavy atom. The first-order valence-corrected chi connectivity index (χ1v) is 10.2. The van der Waals surface area contributed by atoms with Crippen molar-refractivity contribution in [3.05, 3.63) is 56.8 Å². The van der Waals surface area contributed by atoms with E-state index < -0.39 is 0 Å². The molecule has 28 heavy (non-hydrogen) atoms. The molecule has 1 atom stereocenters. The van der Waals surface area contributed by atoms with E-state index in [9.17, 15) is 10.1 Å². The van der Waals surface area contributed by atoms with Crippen LogP contribution in [0.4, 0.5) is 0 Å². The Balaban J connectivity index is 1.84. The van der Waals surface area contributed by atoms with Gasteiger partial charge in [0.25, 0.3) is 5.91 Å². The van der Waals surface area contributed by atoms with Crippen molar-refractivity contribution in [3.8, 4) is 11.8 Å². The number of amides is 1. The highest BCUT2D eigenvalue weighted by molar-refractivity contribution is 9.10. The largest absolute Gasteiger partial charge is 0.376 e. The number of ether oxygens (including phenoxy) is 1. The molecule has 2 heterocycles. The van der Waals surface area contributed by atoms with Crippen molar-refractivity contribution >= 4 is 27.9 Å². The Hall–Kier alpha value is -2.36. The molecule has 146 valence electrons. The second-order valence-corrected chi connectivity index (χ2v) is 7.96. The number of nitriles is 1. The summed E-state index contributed by atoms with van der Waals surface area (Å²) < 4.78 is 8.71. The first-order valence-electron chi connectivity index (χ1n) is 9.37. The van der Waals surface area contributed by atoms with Crippen LogP contribution in [0.2, 0.25) is 0 Å². The number of nitrogens with one attached hydrogen (secondary N) is 1. The Labute approximate surface area is 174 Å². The van der Waals surface area contributed by atoms with Crippen molar-refractivity contribution in [2.45, 2.75) is 39.7 Å². The fourth-order valence-electron chi connectivity index (χ4n) is 3.51. The lowest BCUT2D eigenvalue weighted by atomic mass is 10.1. The smallest absolute Gasteiger partial charge is 0.262 e. The molecule has 1 N–H and O–H groups in total. The molecule has 1 aromatic carbocycles. The molecule has 0 radical (unpaired) electrons. The monoisotopic (exact) mass is 441 g/mol. The van der Waals surface area contributed by atoms with E-state index in [1.54, 1.807) is 6.08 Å². The third-order valence-corrected chi connectivity index (χ3v) is 5.94. The molecule has 0 saturated carbocycles. The molecular formula is C22H24BrN3O2. The summed E-state index contributed by atoms with van der Waals surface area (Å²) in [5, 5.41) is 12.3. The summed E-state index contributed by atoms with van der Waals surface area (Å²) >= 11 is 3.53. The fraction of sp³-hybridized carbons (Fsp3) is 0.364. The van der Waals surface area contributed by atoms with Gasteiger partial charge in [0.05, 0.1) is 6.10 Å². The molecule has 3 rings (SSSR count). The molecule has 0 unspecified atom stereocenters. The maximum atomic E-state index is 12.4. The van der Waals surface area contributed by atoms with Crippen LogP contribution < -0.4 is 5.32 Å². The van der Waals surface area contributed by atoms with E-state index in [-0.39, 0.29) is 17.6 Å². The number of hydrogen-bond donors (Lipinski definition) is 1. The Morgan fingerprint density at radius 1 is 1.39 bits per heavy atom. The average molecular weight is 442 g/mol. The highest BCUT2D eigenvalue weighted by Crippen LogP contribution is 2.26. The van der Waals surface area contributed by atoms with Gasteiger partial charge in [-0.2, -0.15) is 5.26 Å². The van der Waals surface area contributed by atoms with Crippen molar-refractivity contribution < 1.29 is 9.53 Å². The van der Waals surface area contributed by atoms with Gasteiger partial charge in [0.15, 0.2) is 0 Å². The number of aromatic nitrogens is 1. The van der Waals surface area contributed by atoms with Crippen LogP contribution in [0.25, 0.3) is 11.8 Å². The zero-order valence-electron chi connectivity index (χ0n) is 16.4. The topological polar surface area (TPSA) is 67.0 Å². The van der Waals surface area contributed by atoms with Crippen molar-refractivity contribution in [2.75, 3.05) is 13.2 Å². The number of benzene rings is 1. The van der Waals surface area contributed by atoms with Gasteiger partial charge in [-0.15, -0.1) is 0 Å². The van der Waals surface area contributed by atoms with Gasteiger partial charge in [0.1, 0.15) is 11.6 Å². The quantitative estimate of drug-likeness (QED) is 0.553. The number of carbonyl (C=O) groups excluding carboxylic acids is 1. The standard InChI is InChI=1S/C22H24BrN3O2/c1-14-9-19(6-7-21(14)23)26-15(2)10-17(16(26)3)11-18(12-24)22(27)25-13-20-5-4-8-28-20/h6-7,9-11,20H,4-5,8,13H2,1-3H3,(H,25,27)/b18-11+/t20-/m0/s1. The number of rotatable bonds is 5. The van der Waals surface area contributed by atoms with Crippen molar-refractivity contribution in [2.24, 2.45) is 0 Å². The van der Waals surface area contributed by atoms with Gasteiger partial charge in [0.2, 0.25) is 0 Å². The van der Waals surface area contributed by atoms with Crippen LogP contribution in [-0.2, 0) is 9.53 Å². The first kappa shape index (κ1) is 20.4. The van der Waals surface area contributed by atoms with E-state index in [1.165, 1.54) is 0 Å². The van der Waals surface area contributed by atoms with Crippen molar-refractivity contribution in [3.63, 3.8) is 0 Å². The number of carbonyl (C=O) groups is 1. The lowest BCUT2D eigenvalue weighted by Crippen LogP contribution is -2.32. The zero-order chi connectivity index (χ0) is 20.3. The number of aryl methyl sites for hydroxylation is 2. The molecule has 2 aromatic rings. The van der Waals surface area contributed by atoms with Crippen LogP contribution in [0.3, 0.4) is 0 Å². The Morgan fingerprint density at radius 2 is 2.18 bits per heavy atom. The molecule has 1 saturated heterocycles. The van der Waals surface area contributed by atoms with Crippen LogP contribution in [0.5, 0.6) is 0 Å². The third-order valence-electron chi connectivity index (χ3n) is 5.05. The number of nitrogens with zero attached hydrogens (tertiary/aromatic N) is 2. The minimum Gasteiger partial charge on any atom is -0.376 e. The second-order valence-electron chi connectivity index (χ2n) is 7.11. The maximum absolute atomic E-state index is 12.4. The van der Waals surface area contributed by atoms with Crippen LogP contribution in [0, 0.1) is 32.1 Å². The summed E-state index contributed by atoms with van der Waals surface area (Å²) in [6.45, 7) is 7.24. The molecule has 5 nitrogen and oxygen atoms in total. The van der Waals surface area contributed by atoms with Crippen LogP contribution >= 0.6 is 15.9 Å². The second kappa shape index (κ2) is 8.76. The van der Waals surface area contributed by atoms with Gasteiger partial charge < -0.3 is 14.6 Å². The Bertz CT molecular complexity index is 963. The zero-order valence-corrected chi connectivity index (χ0v) is 18.0. The number of halogens is 1. The molecule has 1 aliphatic heterocycles. The SMILES string of the molecule is Cc1cc(-n2c(C)cc(/C=C(\C#N)C(=O)NC[C@@H]3CCCO3)c2C)ccc1Br. The predicted octanol–water partition coefficient (Wildman–Crippen LogP) is 4.37. The highest BCUT2D eigenvalue weighted by atomic mass is 79.9. The summed E-state index contributed by atoms with van der Waals surface area (Å²) in [6, 6.07) is 10.2. The van der Waals surface area contributed by atoms with E-state index in [0.29, 0.717) is 6.54 Å². The van der Waals surface area contributed by atoms with Gasteiger partial charge in [-0.1, -0.05) is 15.9 Å². The van der Waals surface area contributed by atoms with Gasteiger partial charge in [-0.25, -0.2) is 0 Å². The summed E-state index contributed by atoms with van der Waals surface area (Å²) in [5.74, 6) is -0.359. The maximum Gasteiger partial charge on any atom is 0.262 e. The van der Waals surface area contributed by atoms with Gasteiger partial charge >= 0.3 is 0 Å². The molecule has 1 aromatic heterocycles. The summed E-state index contributed by atoms with van der Waals surface area (Å²) in [7, 11) is 0. The lowest BCUT2D eigenvalue weighted by molar-refractivity contribution is -0.117. The van der Waals surface area contributed by atoms with Crippen LogP contribution in [-0.4, -0.2) is 29.7 Å². The van der Waals surface area contributed by atoms with Crippen molar-refractivity contribution in [1.82, 2.24) is 9.88 Å². The van der Waals surface area contributed by atoms with Gasteiger partial charge in [0, 0.05) is 34.7 Å². The summed E-state index contributed by atoms with van der Waals surface area (Å²) in [5.41, 5.74) is 5.19. The normalized spacial score (nSPS) is 16.8. The first-order chi connectivity index (χ1) is 13.4. The van der Waals surface area contributed by atoms with Gasteiger partial charge in [-0.3, -0.25) is 4.79 Å². The molecule has 0 spiro atoms. The number of hydrogen-bond acceptors (Lipinski definition) is 3. The molecule has 0 aliphatic carbocycles. The van der Waals surface area contributed by atoms with E-state index >= 15 is 0 Å². The predicted molar refractivity (Wildman–Crippen MR) is 113 cm³/mol. The minimum atomic E-state index is -0.359. The molecule has 1 amide bonds. The van der Waals surface area contributed by atoms with Crippen molar-refractivity contribution in [1.29, 1.82) is 5.26 Å². The van der Waals surface area contributed by atoms with Crippen LogP contribution in [0.1, 0.15) is 35.4 Å². The minimum absolute atomic E-state index is 0.0506. The summed E-state index contributed by atoms with van der Waals surface area (Å²) in [6.07, 6.45) is 3.67. The molecule has 6 heteroatoms. The molecular weight excluding hydrogens is 418 g/mol. The molecule has 1 fully saturated rings. The molecule has 0 bridgehead atoms. The van der Waals surface area contributed by atoms with E-state index in [2.05, 4.69) is 38.8 Å². The Kier molecular flexibility index (Phi) is 6.38. The van der Waals surface area contributed by atoms with E-state index in [1.807, 2.05) is 38.1 Å². The lowest BCUT2D eigenvalue weighted by Gasteiger charge is -2.11. The van der Waals surface area contributed by atoms with Gasteiger partial charge in [-0.05, 0) is 75.1 Å². The molecule has 1 aliphatic rings. The average Bonchev–Trinajstić information content (AvgIpc) is 3.28. The third kappa shape index (κ3) is 4.37. The van der Waals surface area contributed by atoms with E-state index in [0.717, 1.165) is 52.1 Å². The highest BCUT2D eigenvalue weighted by Gasteiger charge is 2.18. The van der Waals surface area contributed by atoms with Crippen LogP contribution in [0.15, 0.2) is 34.3 Å².